The van der Waals surface area contributed by atoms with E-state index in [-0.39, 0.29) is 6.03 Å². The first-order chi connectivity index (χ1) is 10.2. The van der Waals surface area contributed by atoms with E-state index in [1.54, 1.807) is 0 Å². The number of carbonyl (C=O) groups excluding carboxylic acids is 1. The van der Waals surface area contributed by atoms with Crippen LogP contribution in [0.5, 0.6) is 0 Å². The first-order valence-corrected chi connectivity index (χ1v) is 8.73. The Kier molecular flexibility index (Phi) is 9.15. The van der Waals surface area contributed by atoms with E-state index in [1.807, 2.05) is 17.0 Å². The highest BCUT2D eigenvalue weighted by atomic mass is 79.9. The summed E-state index contributed by atoms with van der Waals surface area (Å²) < 4.78 is 1.08. The summed E-state index contributed by atoms with van der Waals surface area (Å²) in [6.45, 7) is 6.73. The van der Waals surface area contributed by atoms with E-state index in [0.29, 0.717) is 6.54 Å². The van der Waals surface area contributed by atoms with Gasteiger partial charge in [0, 0.05) is 24.1 Å². The third-order valence-electron chi connectivity index (χ3n) is 3.45. The molecule has 0 spiro atoms. The number of halogens is 1. The largest absolute Gasteiger partial charge is 0.338 e. The van der Waals surface area contributed by atoms with Gasteiger partial charge in [-0.3, -0.25) is 0 Å². The number of hydrogen-bond donors (Lipinski definition) is 1. The molecule has 0 fully saturated rings. The lowest BCUT2D eigenvalue weighted by Crippen LogP contribution is -2.41. The Balaban J connectivity index is 2.35. The lowest BCUT2D eigenvalue weighted by molar-refractivity contribution is 0.196. The SMILES string of the molecule is CCCCN(CCCC)C(=O)NCCc1ccc(Br)cc1. The van der Waals surface area contributed by atoms with Gasteiger partial charge in [-0.1, -0.05) is 54.8 Å². The van der Waals surface area contributed by atoms with Gasteiger partial charge in [0.05, 0.1) is 0 Å². The lowest BCUT2D eigenvalue weighted by atomic mass is 10.1. The van der Waals surface area contributed by atoms with Crippen LogP contribution in [0.2, 0.25) is 0 Å². The van der Waals surface area contributed by atoms with E-state index < -0.39 is 0 Å². The molecule has 1 rings (SSSR count). The molecule has 0 saturated heterocycles. The highest BCUT2D eigenvalue weighted by Gasteiger charge is 2.11. The number of urea groups is 1. The van der Waals surface area contributed by atoms with Crippen molar-refractivity contribution in [3.05, 3.63) is 34.3 Å². The topological polar surface area (TPSA) is 32.3 Å². The third-order valence-corrected chi connectivity index (χ3v) is 3.98. The second-order valence-corrected chi connectivity index (χ2v) is 6.22. The summed E-state index contributed by atoms with van der Waals surface area (Å²) in [5.74, 6) is 0. The predicted octanol–water partition coefficient (Wildman–Crippen LogP) is 4.60. The van der Waals surface area contributed by atoms with Gasteiger partial charge < -0.3 is 10.2 Å². The first kappa shape index (κ1) is 18.0. The molecule has 21 heavy (non-hydrogen) atoms. The zero-order valence-electron chi connectivity index (χ0n) is 13.2. The van der Waals surface area contributed by atoms with Gasteiger partial charge in [-0.05, 0) is 37.0 Å². The molecule has 1 aromatic carbocycles. The van der Waals surface area contributed by atoms with E-state index >= 15 is 0 Å². The summed E-state index contributed by atoms with van der Waals surface area (Å²) in [7, 11) is 0. The Morgan fingerprint density at radius 1 is 1.10 bits per heavy atom. The molecule has 0 aromatic heterocycles. The van der Waals surface area contributed by atoms with Gasteiger partial charge in [-0.2, -0.15) is 0 Å². The molecule has 0 heterocycles. The molecule has 2 amide bonds. The molecule has 4 heteroatoms. The van der Waals surface area contributed by atoms with Gasteiger partial charge in [0.2, 0.25) is 0 Å². The maximum Gasteiger partial charge on any atom is 0.317 e. The van der Waals surface area contributed by atoms with Crippen molar-refractivity contribution in [1.82, 2.24) is 10.2 Å². The molecule has 0 aliphatic carbocycles. The number of rotatable bonds is 9. The molecule has 0 saturated carbocycles. The average Bonchev–Trinajstić information content (AvgIpc) is 2.49. The summed E-state index contributed by atoms with van der Waals surface area (Å²) in [6.07, 6.45) is 5.26. The molecule has 3 nitrogen and oxygen atoms in total. The van der Waals surface area contributed by atoms with Crippen molar-refractivity contribution >= 4 is 22.0 Å². The molecule has 0 aliphatic rings. The number of nitrogens with one attached hydrogen (secondary N) is 1. The van der Waals surface area contributed by atoms with Gasteiger partial charge >= 0.3 is 6.03 Å². The number of unbranched alkanes of at least 4 members (excludes halogenated alkanes) is 2. The van der Waals surface area contributed by atoms with Crippen LogP contribution < -0.4 is 5.32 Å². The Morgan fingerprint density at radius 3 is 2.19 bits per heavy atom. The number of carbonyl (C=O) groups is 1. The monoisotopic (exact) mass is 354 g/mol. The van der Waals surface area contributed by atoms with Crippen molar-refractivity contribution in [3.63, 3.8) is 0 Å². The molecular formula is C17H27BrN2O. The van der Waals surface area contributed by atoms with Gasteiger partial charge in [-0.25, -0.2) is 4.79 Å². The van der Waals surface area contributed by atoms with E-state index in [9.17, 15) is 4.79 Å². The van der Waals surface area contributed by atoms with Gasteiger partial charge in [0.25, 0.3) is 0 Å². The smallest absolute Gasteiger partial charge is 0.317 e. The molecular weight excluding hydrogens is 328 g/mol. The standard InChI is InChI=1S/C17H27BrN2O/c1-3-5-13-20(14-6-4-2)17(21)19-12-11-15-7-9-16(18)10-8-15/h7-10H,3-6,11-14H2,1-2H3,(H,19,21). The fourth-order valence-corrected chi connectivity index (χ4v) is 2.35. The summed E-state index contributed by atoms with van der Waals surface area (Å²) >= 11 is 3.43. The Bertz CT molecular complexity index is 398. The van der Waals surface area contributed by atoms with Crippen molar-refractivity contribution in [2.45, 2.75) is 46.0 Å². The molecule has 0 unspecified atom stereocenters. The number of benzene rings is 1. The van der Waals surface area contributed by atoms with E-state index in [2.05, 4.69) is 47.2 Å². The normalized spacial score (nSPS) is 10.4. The van der Waals surface area contributed by atoms with Crippen molar-refractivity contribution in [1.29, 1.82) is 0 Å². The summed E-state index contributed by atoms with van der Waals surface area (Å²) in [5.41, 5.74) is 1.24. The van der Waals surface area contributed by atoms with Crippen molar-refractivity contribution < 1.29 is 4.79 Å². The van der Waals surface area contributed by atoms with Crippen LogP contribution in [0.1, 0.15) is 45.1 Å². The molecule has 0 radical (unpaired) electrons. The number of hydrogen-bond acceptors (Lipinski definition) is 1. The van der Waals surface area contributed by atoms with Gasteiger partial charge in [0.15, 0.2) is 0 Å². The van der Waals surface area contributed by atoms with Crippen LogP contribution in [0.25, 0.3) is 0 Å². The fraction of sp³-hybridized carbons (Fsp3) is 0.588. The minimum absolute atomic E-state index is 0.0778. The lowest BCUT2D eigenvalue weighted by Gasteiger charge is -2.22. The van der Waals surface area contributed by atoms with Gasteiger partial charge in [-0.15, -0.1) is 0 Å². The Morgan fingerprint density at radius 2 is 1.67 bits per heavy atom. The summed E-state index contributed by atoms with van der Waals surface area (Å²) in [6, 6.07) is 8.32. The minimum Gasteiger partial charge on any atom is -0.338 e. The zero-order valence-corrected chi connectivity index (χ0v) is 14.8. The van der Waals surface area contributed by atoms with Crippen LogP contribution in [-0.4, -0.2) is 30.6 Å². The molecule has 118 valence electrons. The van der Waals surface area contributed by atoms with Crippen LogP contribution in [0, 0.1) is 0 Å². The number of amides is 2. The Hall–Kier alpha value is -1.03. The highest BCUT2D eigenvalue weighted by molar-refractivity contribution is 9.10. The van der Waals surface area contributed by atoms with Crippen LogP contribution in [0.15, 0.2) is 28.7 Å². The van der Waals surface area contributed by atoms with E-state index in [0.717, 1.165) is 49.7 Å². The molecule has 0 aliphatic heterocycles. The highest BCUT2D eigenvalue weighted by Crippen LogP contribution is 2.10. The van der Waals surface area contributed by atoms with Crippen LogP contribution >= 0.6 is 15.9 Å². The first-order valence-electron chi connectivity index (χ1n) is 7.94. The third kappa shape index (κ3) is 7.51. The van der Waals surface area contributed by atoms with Crippen molar-refractivity contribution in [2.75, 3.05) is 19.6 Å². The second kappa shape index (κ2) is 10.7. The summed E-state index contributed by atoms with van der Waals surface area (Å²) in [5, 5.41) is 3.04. The second-order valence-electron chi connectivity index (χ2n) is 5.30. The van der Waals surface area contributed by atoms with Crippen molar-refractivity contribution in [3.8, 4) is 0 Å². The van der Waals surface area contributed by atoms with E-state index in [4.69, 9.17) is 0 Å². The summed E-state index contributed by atoms with van der Waals surface area (Å²) in [4.78, 5) is 14.2. The van der Waals surface area contributed by atoms with Crippen LogP contribution in [0.3, 0.4) is 0 Å². The minimum atomic E-state index is 0.0778. The zero-order chi connectivity index (χ0) is 15.5. The number of nitrogens with zero attached hydrogens (tertiary/aromatic N) is 1. The van der Waals surface area contributed by atoms with Crippen molar-refractivity contribution in [2.24, 2.45) is 0 Å². The quantitative estimate of drug-likeness (QED) is 0.690. The molecule has 1 N–H and O–H groups in total. The maximum atomic E-state index is 12.2. The predicted molar refractivity (Wildman–Crippen MR) is 92.6 cm³/mol. The van der Waals surface area contributed by atoms with Crippen LogP contribution in [-0.2, 0) is 6.42 Å². The molecule has 0 atom stereocenters. The molecule has 1 aromatic rings. The molecule has 0 bridgehead atoms. The van der Waals surface area contributed by atoms with Crippen LogP contribution in [0.4, 0.5) is 4.79 Å². The fourth-order valence-electron chi connectivity index (χ4n) is 2.09. The maximum absolute atomic E-state index is 12.2. The van der Waals surface area contributed by atoms with E-state index in [1.165, 1.54) is 5.56 Å². The average molecular weight is 355 g/mol. The van der Waals surface area contributed by atoms with Gasteiger partial charge in [0.1, 0.15) is 0 Å². The Labute approximate surface area is 137 Å².